The Kier molecular flexibility index (Phi) is 4.46. The predicted octanol–water partition coefficient (Wildman–Crippen LogP) is 2.47. The van der Waals surface area contributed by atoms with Gasteiger partial charge in [-0.25, -0.2) is 8.42 Å². The Labute approximate surface area is 124 Å². The van der Waals surface area contributed by atoms with Gasteiger partial charge >= 0.3 is 0 Å². The minimum absolute atomic E-state index is 0.216. The third-order valence-corrected chi connectivity index (χ3v) is 5.09. The van der Waals surface area contributed by atoms with Crippen molar-refractivity contribution in [2.45, 2.75) is 24.8 Å². The van der Waals surface area contributed by atoms with Crippen LogP contribution in [0.5, 0.6) is 0 Å². The Hall–Kier alpha value is -2.10. The molecular weight excluding hydrogens is 288 g/mol. The van der Waals surface area contributed by atoms with E-state index < -0.39 is 10.0 Å². The van der Waals surface area contributed by atoms with E-state index in [1.807, 2.05) is 6.07 Å². The Morgan fingerprint density at radius 3 is 2.43 bits per heavy atom. The van der Waals surface area contributed by atoms with Gasteiger partial charge in [0, 0.05) is 19.2 Å². The first-order valence-corrected chi connectivity index (χ1v) is 7.84. The van der Waals surface area contributed by atoms with E-state index >= 15 is 0 Å². The van der Waals surface area contributed by atoms with Crippen LogP contribution >= 0.6 is 0 Å². The molecule has 0 bridgehead atoms. The van der Waals surface area contributed by atoms with E-state index in [9.17, 15) is 8.42 Å². The summed E-state index contributed by atoms with van der Waals surface area (Å²) in [5, 5.41) is 8.62. The first kappa shape index (κ1) is 15.3. The van der Waals surface area contributed by atoms with Gasteiger partial charge in [-0.15, -0.1) is 0 Å². The van der Waals surface area contributed by atoms with E-state index in [0.29, 0.717) is 5.76 Å². The Morgan fingerprint density at radius 2 is 1.90 bits per heavy atom. The molecule has 1 aromatic carbocycles. The second-order valence-electron chi connectivity index (χ2n) is 4.74. The lowest BCUT2D eigenvalue weighted by Gasteiger charge is -2.17. The lowest BCUT2D eigenvalue weighted by molar-refractivity contribution is 0.459. The predicted molar refractivity (Wildman–Crippen MR) is 77.9 cm³/mol. The molecule has 0 N–H and O–H groups in total. The van der Waals surface area contributed by atoms with Crippen molar-refractivity contribution in [3.63, 3.8) is 0 Å². The fraction of sp³-hybridized carbons (Fsp3) is 0.267. The summed E-state index contributed by atoms with van der Waals surface area (Å²) in [7, 11) is -2.02. The molecule has 0 aliphatic rings. The van der Waals surface area contributed by atoms with Gasteiger partial charge in [0.25, 0.3) is 0 Å². The van der Waals surface area contributed by atoms with Crippen molar-refractivity contribution in [2.24, 2.45) is 0 Å². The monoisotopic (exact) mass is 304 g/mol. The number of furan rings is 1. The molecule has 6 heteroatoms. The number of sulfonamides is 1. The molecule has 0 atom stereocenters. The number of rotatable bonds is 5. The summed E-state index contributed by atoms with van der Waals surface area (Å²) < 4.78 is 31.4. The van der Waals surface area contributed by atoms with Crippen molar-refractivity contribution < 1.29 is 12.8 Å². The van der Waals surface area contributed by atoms with Crippen molar-refractivity contribution in [1.82, 2.24) is 4.31 Å². The van der Waals surface area contributed by atoms with Gasteiger partial charge in [0.15, 0.2) is 0 Å². The van der Waals surface area contributed by atoms with Crippen LogP contribution in [0.4, 0.5) is 0 Å². The number of benzene rings is 1. The maximum absolute atomic E-state index is 12.5. The van der Waals surface area contributed by atoms with Gasteiger partial charge in [-0.2, -0.15) is 9.57 Å². The Morgan fingerprint density at radius 1 is 1.24 bits per heavy atom. The average Bonchev–Trinajstić information content (AvgIpc) is 2.85. The molecule has 2 rings (SSSR count). The molecule has 0 fully saturated rings. The van der Waals surface area contributed by atoms with Crippen molar-refractivity contribution in [3.05, 3.63) is 53.5 Å². The standard InChI is InChI=1S/C15H16N2O3S/c1-12-14(8-10-20-12)11-17(2)21(18,19)15-5-3-13(4-6-15)7-9-16/h3-6,8,10H,7,11H2,1-2H3. The van der Waals surface area contributed by atoms with Crippen LogP contribution in [0.3, 0.4) is 0 Å². The topological polar surface area (TPSA) is 74.3 Å². The van der Waals surface area contributed by atoms with Gasteiger partial charge < -0.3 is 4.42 Å². The highest BCUT2D eigenvalue weighted by atomic mass is 32.2. The van der Waals surface area contributed by atoms with Crippen LogP contribution in [-0.4, -0.2) is 19.8 Å². The number of nitriles is 1. The molecule has 0 unspecified atom stereocenters. The first-order valence-electron chi connectivity index (χ1n) is 6.40. The molecule has 0 saturated carbocycles. The highest BCUT2D eigenvalue weighted by Crippen LogP contribution is 2.19. The van der Waals surface area contributed by atoms with Crippen LogP contribution in [0.25, 0.3) is 0 Å². The lowest BCUT2D eigenvalue weighted by Crippen LogP contribution is -2.26. The fourth-order valence-corrected chi connectivity index (χ4v) is 3.10. The van der Waals surface area contributed by atoms with E-state index in [-0.39, 0.29) is 17.9 Å². The van der Waals surface area contributed by atoms with Crippen LogP contribution in [0.1, 0.15) is 16.9 Å². The van der Waals surface area contributed by atoms with Gasteiger partial charge in [-0.3, -0.25) is 0 Å². The van der Waals surface area contributed by atoms with Gasteiger partial charge in [-0.1, -0.05) is 12.1 Å². The molecule has 0 saturated heterocycles. The van der Waals surface area contributed by atoms with Crippen LogP contribution in [0, 0.1) is 18.3 Å². The maximum atomic E-state index is 12.5. The SMILES string of the molecule is Cc1occc1CN(C)S(=O)(=O)c1ccc(CC#N)cc1. The molecule has 0 amide bonds. The molecule has 110 valence electrons. The van der Waals surface area contributed by atoms with Crippen LogP contribution in [-0.2, 0) is 23.0 Å². The zero-order valence-electron chi connectivity index (χ0n) is 11.9. The third-order valence-electron chi connectivity index (χ3n) is 3.27. The Balaban J connectivity index is 2.21. The molecule has 0 aliphatic heterocycles. The van der Waals surface area contributed by atoms with Crippen molar-refractivity contribution in [1.29, 1.82) is 5.26 Å². The van der Waals surface area contributed by atoms with Crippen molar-refractivity contribution >= 4 is 10.0 Å². The van der Waals surface area contributed by atoms with Crippen LogP contribution in [0.15, 0.2) is 45.9 Å². The van der Waals surface area contributed by atoms with E-state index in [0.717, 1.165) is 11.1 Å². The normalized spacial score (nSPS) is 11.5. The third kappa shape index (κ3) is 3.32. The van der Waals surface area contributed by atoms with E-state index in [2.05, 4.69) is 0 Å². The number of aryl methyl sites for hydroxylation is 1. The van der Waals surface area contributed by atoms with Crippen molar-refractivity contribution in [3.8, 4) is 6.07 Å². The molecular formula is C15H16N2O3S. The molecule has 0 radical (unpaired) electrons. The van der Waals surface area contributed by atoms with Gasteiger partial charge in [0.1, 0.15) is 5.76 Å². The van der Waals surface area contributed by atoms with E-state index in [1.54, 1.807) is 31.4 Å². The van der Waals surface area contributed by atoms with Gasteiger partial charge in [-0.05, 0) is 30.7 Å². The molecule has 0 aliphatic carbocycles. The smallest absolute Gasteiger partial charge is 0.243 e. The van der Waals surface area contributed by atoms with Gasteiger partial charge in [0.2, 0.25) is 10.0 Å². The summed E-state index contributed by atoms with van der Waals surface area (Å²) in [5.74, 6) is 0.710. The largest absolute Gasteiger partial charge is 0.469 e. The second kappa shape index (κ2) is 6.12. The summed E-state index contributed by atoms with van der Waals surface area (Å²) in [6.07, 6.45) is 1.81. The summed E-state index contributed by atoms with van der Waals surface area (Å²) in [4.78, 5) is 0.216. The van der Waals surface area contributed by atoms with Crippen LogP contribution < -0.4 is 0 Å². The zero-order chi connectivity index (χ0) is 15.5. The highest BCUT2D eigenvalue weighted by molar-refractivity contribution is 7.89. The zero-order valence-corrected chi connectivity index (χ0v) is 12.7. The van der Waals surface area contributed by atoms with E-state index in [1.165, 1.54) is 23.5 Å². The fourth-order valence-electron chi connectivity index (χ4n) is 1.95. The quantitative estimate of drug-likeness (QED) is 0.850. The number of nitrogens with zero attached hydrogens (tertiary/aromatic N) is 2. The molecule has 1 aromatic heterocycles. The number of hydrogen-bond donors (Lipinski definition) is 0. The number of hydrogen-bond acceptors (Lipinski definition) is 4. The van der Waals surface area contributed by atoms with E-state index in [4.69, 9.17) is 9.68 Å². The molecule has 1 heterocycles. The minimum Gasteiger partial charge on any atom is -0.469 e. The minimum atomic E-state index is -3.55. The Bertz CT molecular complexity index is 755. The molecule has 5 nitrogen and oxygen atoms in total. The molecule has 0 spiro atoms. The average molecular weight is 304 g/mol. The van der Waals surface area contributed by atoms with Crippen LogP contribution in [0.2, 0.25) is 0 Å². The molecule has 21 heavy (non-hydrogen) atoms. The summed E-state index contributed by atoms with van der Waals surface area (Å²) in [6, 6.07) is 10.2. The molecule has 2 aromatic rings. The summed E-state index contributed by atoms with van der Waals surface area (Å²) >= 11 is 0. The first-order chi connectivity index (χ1) is 9.95. The summed E-state index contributed by atoms with van der Waals surface area (Å²) in [6.45, 7) is 2.05. The lowest BCUT2D eigenvalue weighted by atomic mass is 10.2. The van der Waals surface area contributed by atoms with Gasteiger partial charge in [0.05, 0.1) is 23.6 Å². The summed E-state index contributed by atoms with van der Waals surface area (Å²) in [5.41, 5.74) is 1.63. The highest BCUT2D eigenvalue weighted by Gasteiger charge is 2.21. The van der Waals surface area contributed by atoms with Crippen molar-refractivity contribution in [2.75, 3.05) is 7.05 Å². The maximum Gasteiger partial charge on any atom is 0.243 e. The second-order valence-corrected chi connectivity index (χ2v) is 6.79.